The van der Waals surface area contributed by atoms with E-state index in [1.165, 1.54) is 24.3 Å². The molecule has 1 rings (SSSR count). The van der Waals surface area contributed by atoms with Crippen molar-refractivity contribution >= 4 is 25.7 Å². The quantitative estimate of drug-likeness (QED) is 0.597. The van der Waals surface area contributed by atoms with Crippen LogP contribution in [0, 0.1) is 0 Å². The van der Waals surface area contributed by atoms with Crippen LogP contribution in [0.25, 0.3) is 0 Å². The van der Waals surface area contributed by atoms with E-state index >= 15 is 0 Å². The first-order valence-corrected chi connectivity index (χ1v) is 9.67. The van der Waals surface area contributed by atoms with Gasteiger partial charge in [-0.05, 0) is 37.2 Å². The molecule has 0 aliphatic heterocycles. The maximum absolute atomic E-state index is 11.8. The van der Waals surface area contributed by atoms with Crippen LogP contribution in [0.3, 0.4) is 0 Å². The Hall–Kier alpha value is -1.16. The predicted octanol–water partition coefficient (Wildman–Crippen LogP) is 0.464. The number of hydrogen-bond acceptors (Lipinski definition) is 5. The second-order valence-electron chi connectivity index (χ2n) is 4.95. The summed E-state index contributed by atoms with van der Waals surface area (Å²) in [5.74, 6) is -0.0103. The minimum atomic E-state index is -3.77. The molecule has 0 amide bonds. The average Bonchev–Trinajstić information content (AvgIpc) is 2.33. The monoisotopic (exact) mass is 335 g/mol. The molecule has 7 nitrogen and oxygen atoms in total. The highest BCUT2D eigenvalue weighted by Gasteiger charge is 2.12. The molecule has 0 saturated heterocycles. The van der Waals surface area contributed by atoms with Gasteiger partial charge in [-0.3, -0.25) is 4.72 Å². The molecule has 9 heteroatoms. The van der Waals surface area contributed by atoms with E-state index in [1.54, 1.807) is 0 Å². The van der Waals surface area contributed by atoms with Gasteiger partial charge in [-0.2, -0.15) is 0 Å². The molecular weight excluding hydrogens is 314 g/mol. The fraction of sp³-hybridized carbons (Fsp3) is 0.500. The maximum atomic E-state index is 11.8. The lowest BCUT2D eigenvalue weighted by Gasteiger charge is -2.10. The third kappa shape index (κ3) is 6.89. The fourth-order valence-electron chi connectivity index (χ4n) is 1.60. The van der Waals surface area contributed by atoms with Gasteiger partial charge in [0.1, 0.15) is 0 Å². The highest BCUT2D eigenvalue weighted by molar-refractivity contribution is 7.92. The highest BCUT2D eigenvalue weighted by Crippen LogP contribution is 2.14. The third-order valence-electron chi connectivity index (χ3n) is 2.60. The van der Waals surface area contributed by atoms with Crippen LogP contribution in [-0.4, -0.2) is 35.2 Å². The number of nitrogens with two attached hydrogens (primary N) is 1. The van der Waals surface area contributed by atoms with E-state index in [1.807, 2.05) is 13.8 Å². The van der Waals surface area contributed by atoms with Gasteiger partial charge in [0.25, 0.3) is 0 Å². The Morgan fingerprint density at radius 2 is 1.67 bits per heavy atom. The first-order valence-electron chi connectivity index (χ1n) is 6.47. The zero-order chi connectivity index (χ0) is 16.1. The van der Waals surface area contributed by atoms with Gasteiger partial charge in [0.05, 0.1) is 10.6 Å². The van der Waals surface area contributed by atoms with Crippen molar-refractivity contribution in [3.63, 3.8) is 0 Å². The minimum absolute atomic E-state index is 0.0103. The molecule has 1 aromatic rings. The van der Waals surface area contributed by atoms with Gasteiger partial charge >= 0.3 is 0 Å². The Labute approximate surface area is 126 Å². The van der Waals surface area contributed by atoms with Gasteiger partial charge in [-0.15, -0.1) is 0 Å². The summed E-state index contributed by atoms with van der Waals surface area (Å²) in [6.07, 6.45) is 0.489. The summed E-state index contributed by atoms with van der Waals surface area (Å²) >= 11 is 0. The standard InChI is InChI=1S/C12H21N3O4S2/c1-10(2)14-8-3-9-20(16,17)15-11-4-6-12(7-5-11)21(13,18)19/h4-7,10,14-15H,3,8-9H2,1-2H3,(H2,13,18,19). The van der Waals surface area contributed by atoms with Crippen molar-refractivity contribution < 1.29 is 16.8 Å². The van der Waals surface area contributed by atoms with Crippen molar-refractivity contribution in [2.24, 2.45) is 5.14 Å². The molecule has 21 heavy (non-hydrogen) atoms. The molecule has 0 aliphatic carbocycles. The van der Waals surface area contributed by atoms with Crippen molar-refractivity contribution in [3.05, 3.63) is 24.3 Å². The molecule has 4 N–H and O–H groups in total. The molecule has 0 fully saturated rings. The molecule has 0 atom stereocenters. The molecule has 0 unspecified atom stereocenters. The van der Waals surface area contributed by atoms with Crippen LogP contribution < -0.4 is 15.2 Å². The van der Waals surface area contributed by atoms with Crippen molar-refractivity contribution in [1.82, 2.24) is 5.32 Å². The van der Waals surface area contributed by atoms with E-state index in [4.69, 9.17) is 5.14 Å². The van der Waals surface area contributed by atoms with E-state index < -0.39 is 20.0 Å². The van der Waals surface area contributed by atoms with Crippen LogP contribution in [0.2, 0.25) is 0 Å². The molecule has 0 saturated carbocycles. The predicted molar refractivity (Wildman–Crippen MR) is 83.0 cm³/mol. The van der Waals surface area contributed by atoms with Gasteiger partial charge in [0.2, 0.25) is 20.0 Å². The van der Waals surface area contributed by atoms with Crippen molar-refractivity contribution in [2.45, 2.75) is 31.2 Å². The van der Waals surface area contributed by atoms with Crippen LogP contribution >= 0.6 is 0 Å². The third-order valence-corrected chi connectivity index (χ3v) is 4.90. The van der Waals surface area contributed by atoms with Crippen molar-refractivity contribution in [2.75, 3.05) is 17.0 Å². The Kier molecular flexibility index (Phi) is 6.14. The Morgan fingerprint density at radius 1 is 1.10 bits per heavy atom. The fourth-order valence-corrected chi connectivity index (χ4v) is 3.23. The second kappa shape index (κ2) is 7.21. The van der Waals surface area contributed by atoms with E-state index in [0.29, 0.717) is 24.7 Å². The van der Waals surface area contributed by atoms with Crippen LogP contribution in [0.1, 0.15) is 20.3 Å². The Bertz CT molecular complexity index is 652. The van der Waals surface area contributed by atoms with E-state index in [9.17, 15) is 16.8 Å². The summed E-state index contributed by atoms with van der Waals surface area (Å²) in [4.78, 5) is -0.0634. The molecule has 0 radical (unpaired) electrons. The number of rotatable bonds is 8. The summed E-state index contributed by atoms with van der Waals surface area (Å²) in [6, 6.07) is 5.56. The molecule has 1 aromatic carbocycles. The minimum Gasteiger partial charge on any atom is -0.314 e. The molecule has 120 valence electrons. The number of benzene rings is 1. The summed E-state index contributed by atoms with van der Waals surface area (Å²) < 4.78 is 48.3. The molecular formula is C12H21N3O4S2. The van der Waals surface area contributed by atoms with Crippen molar-refractivity contribution in [1.29, 1.82) is 0 Å². The smallest absolute Gasteiger partial charge is 0.238 e. The van der Waals surface area contributed by atoms with E-state index in [2.05, 4.69) is 10.0 Å². The molecule has 0 bridgehead atoms. The SMILES string of the molecule is CC(C)NCCCS(=O)(=O)Nc1ccc(S(N)(=O)=O)cc1. The first kappa shape index (κ1) is 17.9. The summed E-state index contributed by atoms with van der Waals surface area (Å²) in [7, 11) is -7.23. The van der Waals surface area contributed by atoms with Crippen LogP contribution in [0.5, 0.6) is 0 Å². The largest absolute Gasteiger partial charge is 0.314 e. The van der Waals surface area contributed by atoms with E-state index in [0.717, 1.165) is 0 Å². The lowest BCUT2D eigenvalue weighted by molar-refractivity contribution is 0.571. The number of sulfonamides is 2. The van der Waals surface area contributed by atoms with E-state index in [-0.39, 0.29) is 10.6 Å². The second-order valence-corrected chi connectivity index (χ2v) is 8.36. The van der Waals surface area contributed by atoms with Gasteiger partial charge < -0.3 is 5.32 Å². The van der Waals surface area contributed by atoms with Gasteiger partial charge in [0, 0.05) is 11.7 Å². The zero-order valence-electron chi connectivity index (χ0n) is 12.0. The van der Waals surface area contributed by atoms with Crippen LogP contribution in [0.15, 0.2) is 29.2 Å². The summed E-state index contributed by atoms with van der Waals surface area (Å²) in [5.41, 5.74) is 0.305. The molecule has 0 spiro atoms. The number of nitrogens with one attached hydrogen (secondary N) is 2. The topological polar surface area (TPSA) is 118 Å². The zero-order valence-corrected chi connectivity index (χ0v) is 13.7. The maximum Gasteiger partial charge on any atom is 0.238 e. The first-order chi connectivity index (χ1) is 9.60. The average molecular weight is 335 g/mol. The Balaban J connectivity index is 2.59. The number of anilines is 1. The molecule has 0 aliphatic rings. The molecule has 0 heterocycles. The lowest BCUT2D eigenvalue weighted by atomic mass is 10.3. The van der Waals surface area contributed by atoms with Gasteiger partial charge in [-0.1, -0.05) is 13.8 Å². The highest BCUT2D eigenvalue weighted by atomic mass is 32.2. The van der Waals surface area contributed by atoms with Gasteiger partial charge in [-0.25, -0.2) is 22.0 Å². The number of primary sulfonamides is 1. The van der Waals surface area contributed by atoms with Crippen LogP contribution in [-0.2, 0) is 20.0 Å². The summed E-state index contributed by atoms with van der Waals surface area (Å²) in [5, 5.41) is 8.10. The van der Waals surface area contributed by atoms with Crippen LogP contribution in [0.4, 0.5) is 5.69 Å². The number of hydrogen-bond donors (Lipinski definition) is 3. The lowest BCUT2D eigenvalue weighted by Crippen LogP contribution is -2.26. The molecule has 0 aromatic heterocycles. The van der Waals surface area contributed by atoms with Crippen molar-refractivity contribution in [3.8, 4) is 0 Å². The summed E-state index contributed by atoms with van der Waals surface area (Å²) in [6.45, 7) is 4.59. The normalized spacial score (nSPS) is 12.6. The Morgan fingerprint density at radius 3 is 2.14 bits per heavy atom. The van der Waals surface area contributed by atoms with Gasteiger partial charge in [0.15, 0.2) is 0 Å².